The van der Waals surface area contributed by atoms with Crippen LogP contribution in [0.1, 0.15) is 17.3 Å². The van der Waals surface area contributed by atoms with E-state index < -0.39 is 0 Å². The highest BCUT2D eigenvalue weighted by Crippen LogP contribution is 2.32. The molecule has 0 aromatic carbocycles. The van der Waals surface area contributed by atoms with Gasteiger partial charge in [0.05, 0.1) is 19.4 Å². The Balaban J connectivity index is 2.46. The van der Waals surface area contributed by atoms with Crippen molar-refractivity contribution in [3.05, 3.63) is 47.1 Å². The van der Waals surface area contributed by atoms with Crippen LogP contribution in [0.5, 0.6) is 5.75 Å². The Bertz CT molecular complexity index is 499. The fraction of sp³-hybridized carbons (Fsp3) is 0.250. The molecule has 1 unspecified atom stereocenters. The van der Waals surface area contributed by atoms with E-state index in [1.54, 1.807) is 19.6 Å². The summed E-state index contributed by atoms with van der Waals surface area (Å²) in [6, 6.07) is 5.35. The van der Waals surface area contributed by atoms with Gasteiger partial charge in [0.1, 0.15) is 11.4 Å². The molecule has 5 heteroatoms. The highest BCUT2D eigenvalue weighted by atomic mass is 35.5. The number of pyridine rings is 1. The van der Waals surface area contributed by atoms with E-state index in [1.165, 1.54) is 0 Å². The van der Waals surface area contributed by atoms with Gasteiger partial charge in [-0.05, 0) is 36.8 Å². The fourth-order valence-electron chi connectivity index (χ4n) is 1.74. The molecular weight excluding hydrogens is 240 g/mol. The average Bonchev–Trinajstić information content (AvgIpc) is 2.78. The van der Waals surface area contributed by atoms with Crippen LogP contribution in [0.15, 0.2) is 35.1 Å². The SMILES string of the molecule is CNC(c1ccoc1Cl)c1ncccc1OC. The molecule has 90 valence electrons. The summed E-state index contributed by atoms with van der Waals surface area (Å²) >= 11 is 5.98. The fourth-order valence-corrected chi connectivity index (χ4v) is 1.97. The van der Waals surface area contributed by atoms with Gasteiger partial charge in [-0.25, -0.2) is 0 Å². The Hall–Kier alpha value is -1.52. The molecule has 0 saturated carbocycles. The summed E-state index contributed by atoms with van der Waals surface area (Å²) in [5.74, 6) is 0.712. The summed E-state index contributed by atoms with van der Waals surface area (Å²) in [6.07, 6.45) is 3.27. The number of ether oxygens (including phenoxy) is 1. The number of methoxy groups -OCH3 is 1. The molecule has 4 nitrogen and oxygen atoms in total. The summed E-state index contributed by atoms with van der Waals surface area (Å²) in [5.41, 5.74) is 1.62. The molecule has 0 amide bonds. The zero-order chi connectivity index (χ0) is 12.3. The molecule has 0 radical (unpaired) electrons. The van der Waals surface area contributed by atoms with E-state index in [0.29, 0.717) is 11.0 Å². The Morgan fingerprint density at radius 2 is 2.29 bits per heavy atom. The van der Waals surface area contributed by atoms with Crippen LogP contribution in [-0.2, 0) is 0 Å². The molecular formula is C12H13ClN2O2. The van der Waals surface area contributed by atoms with Gasteiger partial charge < -0.3 is 14.5 Å². The van der Waals surface area contributed by atoms with Crippen molar-refractivity contribution >= 4 is 11.6 Å². The van der Waals surface area contributed by atoms with Crippen LogP contribution in [0, 0.1) is 0 Å². The lowest BCUT2D eigenvalue weighted by molar-refractivity contribution is 0.401. The van der Waals surface area contributed by atoms with Crippen LogP contribution in [0.25, 0.3) is 0 Å². The highest BCUT2D eigenvalue weighted by molar-refractivity contribution is 6.29. The summed E-state index contributed by atoms with van der Waals surface area (Å²) < 4.78 is 10.4. The number of furan rings is 1. The van der Waals surface area contributed by atoms with Crippen molar-refractivity contribution in [1.29, 1.82) is 0 Å². The largest absolute Gasteiger partial charge is 0.495 e. The molecule has 0 aliphatic carbocycles. The first-order chi connectivity index (χ1) is 8.27. The Labute approximate surface area is 105 Å². The molecule has 0 saturated heterocycles. The van der Waals surface area contributed by atoms with Crippen LogP contribution in [-0.4, -0.2) is 19.1 Å². The highest BCUT2D eigenvalue weighted by Gasteiger charge is 2.21. The molecule has 1 atom stereocenters. The maximum absolute atomic E-state index is 5.98. The quantitative estimate of drug-likeness (QED) is 0.909. The molecule has 1 N–H and O–H groups in total. The van der Waals surface area contributed by atoms with Gasteiger partial charge in [-0.3, -0.25) is 4.98 Å². The van der Waals surface area contributed by atoms with Gasteiger partial charge in [-0.15, -0.1) is 0 Å². The van der Waals surface area contributed by atoms with E-state index in [0.717, 1.165) is 11.3 Å². The van der Waals surface area contributed by atoms with Crippen molar-refractivity contribution in [2.24, 2.45) is 0 Å². The first kappa shape index (κ1) is 12.0. The van der Waals surface area contributed by atoms with E-state index in [4.69, 9.17) is 20.8 Å². The zero-order valence-electron chi connectivity index (χ0n) is 9.61. The first-order valence-corrected chi connectivity index (χ1v) is 5.54. The summed E-state index contributed by atoms with van der Waals surface area (Å²) in [4.78, 5) is 4.33. The minimum Gasteiger partial charge on any atom is -0.495 e. The van der Waals surface area contributed by atoms with Crippen molar-refractivity contribution in [3.8, 4) is 5.75 Å². The standard InChI is InChI=1S/C12H13ClN2O2/c1-14-10(8-5-7-17-12(8)13)11-9(16-2)4-3-6-15-11/h3-7,10,14H,1-2H3. The number of hydrogen-bond acceptors (Lipinski definition) is 4. The van der Waals surface area contributed by atoms with Crippen LogP contribution < -0.4 is 10.1 Å². The maximum atomic E-state index is 5.98. The Morgan fingerprint density at radius 3 is 2.88 bits per heavy atom. The molecule has 0 aliphatic heterocycles. The monoisotopic (exact) mass is 252 g/mol. The minimum atomic E-state index is -0.155. The van der Waals surface area contributed by atoms with Crippen molar-refractivity contribution in [2.45, 2.75) is 6.04 Å². The Kier molecular flexibility index (Phi) is 3.66. The van der Waals surface area contributed by atoms with Crippen LogP contribution in [0.3, 0.4) is 0 Å². The van der Waals surface area contributed by atoms with E-state index in [1.807, 2.05) is 25.2 Å². The van der Waals surface area contributed by atoms with Gasteiger partial charge in [-0.2, -0.15) is 0 Å². The molecule has 17 heavy (non-hydrogen) atoms. The lowest BCUT2D eigenvalue weighted by Crippen LogP contribution is -2.19. The van der Waals surface area contributed by atoms with E-state index in [9.17, 15) is 0 Å². The average molecular weight is 253 g/mol. The van der Waals surface area contributed by atoms with E-state index in [-0.39, 0.29) is 6.04 Å². The Morgan fingerprint density at radius 1 is 1.47 bits per heavy atom. The van der Waals surface area contributed by atoms with E-state index in [2.05, 4.69) is 10.3 Å². The smallest absolute Gasteiger partial charge is 0.198 e. The van der Waals surface area contributed by atoms with Gasteiger partial charge >= 0.3 is 0 Å². The van der Waals surface area contributed by atoms with Gasteiger partial charge in [-0.1, -0.05) is 0 Å². The number of aromatic nitrogens is 1. The molecule has 2 aromatic heterocycles. The van der Waals surface area contributed by atoms with Crippen molar-refractivity contribution in [1.82, 2.24) is 10.3 Å². The van der Waals surface area contributed by atoms with Gasteiger partial charge in [0.25, 0.3) is 0 Å². The number of nitrogens with zero attached hydrogens (tertiary/aromatic N) is 1. The van der Waals surface area contributed by atoms with Crippen molar-refractivity contribution < 1.29 is 9.15 Å². The van der Waals surface area contributed by atoms with Gasteiger partial charge in [0, 0.05) is 11.8 Å². The van der Waals surface area contributed by atoms with Crippen molar-refractivity contribution in [3.63, 3.8) is 0 Å². The van der Waals surface area contributed by atoms with E-state index >= 15 is 0 Å². The third-order valence-electron chi connectivity index (χ3n) is 2.54. The minimum absolute atomic E-state index is 0.155. The normalized spacial score (nSPS) is 12.4. The topological polar surface area (TPSA) is 47.3 Å². The second-order valence-electron chi connectivity index (χ2n) is 3.46. The lowest BCUT2D eigenvalue weighted by Gasteiger charge is -2.17. The van der Waals surface area contributed by atoms with Crippen LogP contribution in [0.2, 0.25) is 5.22 Å². The maximum Gasteiger partial charge on any atom is 0.198 e. The lowest BCUT2D eigenvalue weighted by atomic mass is 10.1. The predicted octanol–water partition coefficient (Wildman–Crippen LogP) is 2.65. The second kappa shape index (κ2) is 5.21. The van der Waals surface area contributed by atoms with Crippen LogP contribution >= 0.6 is 11.6 Å². The molecule has 2 aromatic rings. The van der Waals surface area contributed by atoms with Crippen LogP contribution in [0.4, 0.5) is 0 Å². The summed E-state index contributed by atoms with van der Waals surface area (Å²) in [5, 5.41) is 3.51. The molecule has 2 rings (SSSR count). The number of halogens is 1. The number of hydrogen-bond donors (Lipinski definition) is 1. The van der Waals surface area contributed by atoms with Gasteiger partial charge in [0.2, 0.25) is 0 Å². The summed E-state index contributed by atoms with van der Waals surface area (Å²) in [6.45, 7) is 0. The zero-order valence-corrected chi connectivity index (χ0v) is 10.4. The second-order valence-corrected chi connectivity index (χ2v) is 3.81. The molecule has 0 aliphatic rings. The molecule has 0 bridgehead atoms. The third kappa shape index (κ3) is 2.28. The first-order valence-electron chi connectivity index (χ1n) is 5.17. The van der Waals surface area contributed by atoms with Crippen molar-refractivity contribution in [2.75, 3.05) is 14.2 Å². The predicted molar refractivity (Wildman–Crippen MR) is 65.4 cm³/mol. The molecule has 2 heterocycles. The third-order valence-corrected chi connectivity index (χ3v) is 2.85. The molecule has 0 fully saturated rings. The number of rotatable bonds is 4. The molecule has 0 spiro atoms. The summed E-state index contributed by atoms with van der Waals surface area (Å²) in [7, 11) is 3.45. The number of nitrogens with one attached hydrogen (secondary N) is 1. The van der Waals surface area contributed by atoms with Gasteiger partial charge in [0.15, 0.2) is 5.22 Å².